The van der Waals surface area contributed by atoms with Gasteiger partial charge in [-0.1, -0.05) is 46.8 Å². The highest BCUT2D eigenvalue weighted by Gasteiger charge is 2.27. The van der Waals surface area contributed by atoms with Crippen LogP contribution in [-0.2, 0) is 35.3 Å². The molecule has 10 nitrogen and oxygen atoms in total. The first-order valence-electron chi connectivity index (χ1n) is 13.2. The van der Waals surface area contributed by atoms with Gasteiger partial charge in [0.05, 0.1) is 6.42 Å². The zero-order chi connectivity index (χ0) is 29.6. The number of esters is 1. The van der Waals surface area contributed by atoms with Gasteiger partial charge in [0.2, 0.25) is 23.6 Å². The van der Waals surface area contributed by atoms with Crippen LogP contribution < -0.4 is 21.3 Å². The molecule has 1 aromatic rings. The van der Waals surface area contributed by atoms with Crippen LogP contribution in [0.4, 0.5) is 5.69 Å². The van der Waals surface area contributed by atoms with E-state index in [2.05, 4.69) is 21.3 Å². The van der Waals surface area contributed by atoms with Gasteiger partial charge in [0, 0.05) is 18.7 Å². The van der Waals surface area contributed by atoms with E-state index in [1.54, 1.807) is 45.0 Å². The maximum Gasteiger partial charge on any atom is 0.306 e. The SMILES string of the molecule is CC(C)[C@@H](NC(=O)CCCCNC(=O)CCl)C(=O)N[C@H](C)C(=O)Nc1ccc(COC(=O)CC(C)(C)C)cc1. The fourth-order valence-electron chi connectivity index (χ4n) is 3.42. The van der Waals surface area contributed by atoms with Gasteiger partial charge in [0.1, 0.15) is 24.6 Å². The van der Waals surface area contributed by atoms with E-state index in [1.165, 1.54) is 0 Å². The maximum atomic E-state index is 12.8. The molecule has 2 atom stereocenters. The number of halogens is 1. The smallest absolute Gasteiger partial charge is 0.306 e. The van der Waals surface area contributed by atoms with Crippen molar-refractivity contribution in [1.29, 1.82) is 0 Å². The molecule has 0 spiro atoms. The molecule has 0 radical (unpaired) electrons. The number of ether oxygens (including phenoxy) is 1. The van der Waals surface area contributed by atoms with Gasteiger partial charge >= 0.3 is 5.97 Å². The van der Waals surface area contributed by atoms with Gasteiger partial charge in [0.15, 0.2) is 0 Å². The van der Waals surface area contributed by atoms with Crippen LogP contribution >= 0.6 is 11.6 Å². The Bertz CT molecular complexity index is 975. The van der Waals surface area contributed by atoms with Crippen molar-refractivity contribution in [2.24, 2.45) is 11.3 Å². The summed E-state index contributed by atoms with van der Waals surface area (Å²) in [5, 5.41) is 10.8. The molecule has 218 valence electrons. The lowest BCUT2D eigenvalue weighted by molar-refractivity contribution is -0.147. The minimum Gasteiger partial charge on any atom is -0.461 e. The highest BCUT2D eigenvalue weighted by molar-refractivity contribution is 6.27. The van der Waals surface area contributed by atoms with Gasteiger partial charge in [-0.05, 0) is 48.8 Å². The molecule has 39 heavy (non-hydrogen) atoms. The third kappa shape index (κ3) is 14.6. The highest BCUT2D eigenvalue weighted by Crippen LogP contribution is 2.19. The number of carbonyl (C=O) groups excluding carboxylic acids is 5. The average molecular weight is 567 g/mol. The topological polar surface area (TPSA) is 143 Å². The quantitative estimate of drug-likeness (QED) is 0.146. The minimum atomic E-state index is -0.848. The third-order valence-corrected chi connectivity index (χ3v) is 5.83. The van der Waals surface area contributed by atoms with Crippen molar-refractivity contribution in [3.8, 4) is 0 Å². The van der Waals surface area contributed by atoms with Crippen LogP contribution in [0.5, 0.6) is 0 Å². The first-order valence-corrected chi connectivity index (χ1v) is 13.7. The van der Waals surface area contributed by atoms with Crippen LogP contribution in [0.15, 0.2) is 24.3 Å². The molecule has 0 saturated heterocycles. The molecule has 4 N–H and O–H groups in total. The summed E-state index contributed by atoms with van der Waals surface area (Å²) in [6, 6.07) is 5.23. The normalized spacial score (nSPS) is 12.7. The third-order valence-electron chi connectivity index (χ3n) is 5.59. The predicted molar refractivity (Wildman–Crippen MR) is 151 cm³/mol. The Morgan fingerprint density at radius 3 is 2.10 bits per heavy atom. The first kappa shape index (κ1) is 33.9. The predicted octanol–water partition coefficient (Wildman–Crippen LogP) is 3.28. The van der Waals surface area contributed by atoms with Gasteiger partial charge in [0.25, 0.3) is 0 Å². The van der Waals surface area contributed by atoms with E-state index in [9.17, 15) is 24.0 Å². The van der Waals surface area contributed by atoms with Crippen LogP contribution in [0.3, 0.4) is 0 Å². The highest BCUT2D eigenvalue weighted by atomic mass is 35.5. The Morgan fingerprint density at radius 2 is 1.54 bits per heavy atom. The van der Waals surface area contributed by atoms with Crippen molar-refractivity contribution >= 4 is 46.9 Å². The molecular weight excluding hydrogens is 524 g/mol. The monoisotopic (exact) mass is 566 g/mol. The summed E-state index contributed by atoms with van der Waals surface area (Å²) in [5.41, 5.74) is 1.16. The molecule has 0 bridgehead atoms. The molecule has 11 heteroatoms. The van der Waals surface area contributed by atoms with Crippen LogP contribution in [-0.4, -0.2) is 54.1 Å². The second-order valence-corrected chi connectivity index (χ2v) is 11.3. The molecule has 0 aromatic heterocycles. The summed E-state index contributed by atoms with van der Waals surface area (Å²) >= 11 is 5.41. The second kappa shape index (κ2) is 16.7. The molecule has 0 aliphatic heterocycles. The molecule has 0 saturated carbocycles. The zero-order valence-electron chi connectivity index (χ0n) is 23.8. The van der Waals surface area contributed by atoms with Gasteiger partial charge < -0.3 is 26.0 Å². The van der Waals surface area contributed by atoms with Crippen molar-refractivity contribution in [2.75, 3.05) is 17.7 Å². The van der Waals surface area contributed by atoms with E-state index < -0.39 is 23.9 Å². The number of amides is 4. The fraction of sp³-hybridized carbons (Fsp3) is 0.607. The van der Waals surface area contributed by atoms with Gasteiger partial charge in [-0.25, -0.2) is 0 Å². The van der Waals surface area contributed by atoms with Crippen LogP contribution in [0.1, 0.15) is 72.8 Å². The Kier molecular flexibility index (Phi) is 14.5. The van der Waals surface area contributed by atoms with E-state index in [1.807, 2.05) is 20.8 Å². The minimum absolute atomic E-state index is 0.106. The lowest BCUT2D eigenvalue weighted by atomic mass is 9.92. The lowest BCUT2D eigenvalue weighted by Crippen LogP contribution is -2.53. The number of anilines is 1. The van der Waals surface area contributed by atoms with E-state index in [0.717, 1.165) is 5.56 Å². The fourth-order valence-corrected chi connectivity index (χ4v) is 3.51. The van der Waals surface area contributed by atoms with E-state index in [-0.39, 0.29) is 48.0 Å². The molecule has 4 amide bonds. The van der Waals surface area contributed by atoms with E-state index >= 15 is 0 Å². The lowest BCUT2D eigenvalue weighted by Gasteiger charge is -2.24. The zero-order valence-corrected chi connectivity index (χ0v) is 24.6. The Morgan fingerprint density at radius 1 is 0.897 bits per heavy atom. The summed E-state index contributed by atoms with van der Waals surface area (Å²) in [6.07, 6.45) is 1.67. The van der Waals surface area contributed by atoms with Crippen molar-refractivity contribution < 1.29 is 28.7 Å². The maximum absolute atomic E-state index is 12.8. The van der Waals surface area contributed by atoms with E-state index in [0.29, 0.717) is 31.5 Å². The summed E-state index contributed by atoms with van der Waals surface area (Å²) < 4.78 is 5.30. The molecule has 0 aliphatic carbocycles. The van der Waals surface area contributed by atoms with Crippen molar-refractivity contribution in [3.63, 3.8) is 0 Å². The van der Waals surface area contributed by atoms with Crippen molar-refractivity contribution in [3.05, 3.63) is 29.8 Å². The largest absolute Gasteiger partial charge is 0.461 e. The molecule has 0 unspecified atom stereocenters. The number of carbonyl (C=O) groups is 5. The number of hydrogen-bond donors (Lipinski definition) is 4. The van der Waals surface area contributed by atoms with Crippen LogP contribution in [0.25, 0.3) is 0 Å². The number of nitrogens with one attached hydrogen (secondary N) is 4. The number of hydrogen-bond acceptors (Lipinski definition) is 6. The Hall–Kier alpha value is -3.14. The Labute approximate surface area is 236 Å². The number of alkyl halides is 1. The number of unbranched alkanes of at least 4 members (excludes halogenated alkanes) is 1. The van der Waals surface area contributed by atoms with Gasteiger partial charge in [-0.3, -0.25) is 24.0 Å². The second-order valence-electron chi connectivity index (χ2n) is 11.0. The van der Waals surface area contributed by atoms with Crippen LogP contribution in [0, 0.1) is 11.3 Å². The molecule has 0 fully saturated rings. The van der Waals surface area contributed by atoms with E-state index in [4.69, 9.17) is 16.3 Å². The summed E-state index contributed by atoms with van der Waals surface area (Å²) in [5.74, 6) is -1.99. The Balaban J connectivity index is 2.52. The molecular formula is C28H43ClN4O6. The number of rotatable bonds is 15. The molecule has 1 rings (SSSR count). The summed E-state index contributed by atoms with van der Waals surface area (Å²) in [6.45, 7) is 11.6. The molecule has 0 aliphatic rings. The van der Waals surface area contributed by atoms with Crippen molar-refractivity contribution in [1.82, 2.24) is 16.0 Å². The molecule has 0 heterocycles. The molecule has 1 aromatic carbocycles. The van der Waals surface area contributed by atoms with Crippen LogP contribution in [0.2, 0.25) is 0 Å². The van der Waals surface area contributed by atoms with Gasteiger partial charge in [-0.2, -0.15) is 0 Å². The standard InChI is InChI=1S/C28H43ClN4O6/c1-18(2)25(33-22(34)9-7-8-14-30-23(35)16-29)27(38)31-19(3)26(37)32-21-12-10-20(11-13-21)17-39-24(36)15-28(4,5)6/h10-13,18-19,25H,7-9,14-17H2,1-6H3,(H,30,35)(H,31,38)(H,32,37)(H,33,34)/t19-,25-/m1/s1. The number of benzene rings is 1. The first-order chi connectivity index (χ1) is 18.2. The summed E-state index contributed by atoms with van der Waals surface area (Å²) in [7, 11) is 0. The summed E-state index contributed by atoms with van der Waals surface area (Å²) in [4.78, 5) is 60.8. The van der Waals surface area contributed by atoms with Gasteiger partial charge in [-0.15, -0.1) is 11.6 Å². The average Bonchev–Trinajstić information content (AvgIpc) is 2.85. The van der Waals surface area contributed by atoms with Crippen molar-refractivity contribution in [2.45, 2.75) is 85.9 Å².